The van der Waals surface area contributed by atoms with Gasteiger partial charge in [0.2, 0.25) is 11.9 Å². The first-order chi connectivity index (χ1) is 10.7. The number of halogens is 1. The van der Waals surface area contributed by atoms with Gasteiger partial charge in [-0.3, -0.25) is 20.2 Å². The fraction of sp³-hybridized carbons (Fsp3) is 0.143. The highest BCUT2D eigenvalue weighted by Crippen LogP contribution is 2.16. The number of furan rings is 1. The average Bonchev–Trinajstić information content (AvgIpc) is 3.16. The smallest absolute Gasteiger partial charge is 0.249 e. The third kappa shape index (κ3) is 3.35. The van der Waals surface area contributed by atoms with Gasteiger partial charge in [0.15, 0.2) is 5.82 Å². The molecule has 0 radical (unpaired) electrons. The molecule has 0 saturated heterocycles. The van der Waals surface area contributed by atoms with Gasteiger partial charge in [0.1, 0.15) is 12.1 Å². The molecule has 0 aliphatic rings. The van der Waals surface area contributed by atoms with E-state index in [9.17, 15) is 9.18 Å². The molecule has 8 heteroatoms. The Morgan fingerprint density at radius 3 is 3.09 bits per heavy atom. The van der Waals surface area contributed by atoms with Crippen LogP contribution in [0.2, 0.25) is 0 Å². The number of aromatic amines is 1. The number of carbonyl (C=O) groups is 1. The SMILES string of the molecule is O=C(CCc1cncc(F)c1)Nc1n[nH]c(-c2ccoc2)n1. The maximum Gasteiger partial charge on any atom is 0.249 e. The highest BCUT2D eigenvalue weighted by atomic mass is 19.1. The molecular formula is C14H12FN5O2. The van der Waals surface area contributed by atoms with Crippen molar-refractivity contribution >= 4 is 11.9 Å². The predicted octanol–water partition coefficient (Wildman–Crippen LogP) is 2.17. The lowest BCUT2D eigenvalue weighted by atomic mass is 10.1. The van der Waals surface area contributed by atoms with Crippen LogP contribution in [0.1, 0.15) is 12.0 Å². The summed E-state index contributed by atoms with van der Waals surface area (Å²) >= 11 is 0. The van der Waals surface area contributed by atoms with Crippen molar-refractivity contribution in [1.29, 1.82) is 0 Å². The van der Waals surface area contributed by atoms with Gasteiger partial charge in [-0.25, -0.2) is 4.39 Å². The molecule has 0 unspecified atom stereocenters. The molecule has 3 heterocycles. The summed E-state index contributed by atoms with van der Waals surface area (Å²) in [7, 11) is 0. The van der Waals surface area contributed by atoms with E-state index in [2.05, 4.69) is 25.5 Å². The molecule has 3 aromatic rings. The highest BCUT2D eigenvalue weighted by Gasteiger charge is 2.10. The van der Waals surface area contributed by atoms with Crippen LogP contribution in [0.25, 0.3) is 11.4 Å². The average molecular weight is 301 g/mol. The van der Waals surface area contributed by atoms with Gasteiger partial charge in [-0.2, -0.15) is 4.98 Å². The van der Waals surface area contributed by atoms with Crippen LogP contribution in [0, 0.1) is 5.82 Å². The summed E-state index contributed by atoms with van der Waals surface area (Å²) < 4.78 is 17.9. The van der Waals surface area contributed by atoms with E-state index in [4.69, 9.17) is 4.42 Å². The molecule has 1 amide bonds. The molecule has 0 bridgehead atoms. The number of aromatic nitrogens is 4. The molecule has 3 aromatic heterocycles. The lowest BCUT2D eigenvalue weighted by molar-refractivity contribution is -0.116. The van der Waals surface area contributed by atoms with Gasteiger partial charge < -0.3 is 4.42 Å². The van der Waals surface area contributed by atoms with Crippen LogP contribution in [0.3, 0.4) is 0 Å². The zero-order valence-corrected chi connectivity index (χ0v) is 11.4. The third-order valence-electron chi connectivity index (χ3n) is 2.93. The number of anilines is 1. The van der Waals surface area contributed by atoms with Crippen molar-refractivity contribution < 1.29 is 13.6 Å². The molecule has 0 aliphatic heterocycles. The number of hydrogen-bond donors (Lipinski definition) is 2. The minimum atomic E-state index is -0.420. The minimum absolute atomic E-state index is 0.179. The van der Waals surface area contributed by atoms with Crippen molar-refractivity contribution in [2.45, 2.75) is 12.8 Å². The number of H-pyrrole nitrogens is 1. The van der Waals surface area contributed by atoms with Crippen LogP contribution < -0.4 is 5.32 Å². The van der Waals surface area contributed by atoms with Crippen molar-refractivity contribution in [3.63, 3.8) is 0 Å². The van der Waals surface area contributed by atoms with E-state index >= 15 is 0 Å². The second-order valence-corrected chi connectivity index (χ2v) is 4.58. The van der Waals surface area contributed by atoms with Crippen LogP contribution in [0.15, 0.2) is 41.5 Å². The molecule has 112 valence electrons. The summed E-state index contributed by atoms with van der Waals surface area (Å²) in [6.07, 6.45) is 6.25. The lowest BCUT2D eigenvalue weighted by Gasteiger charge is -2.01. The van der Waals surface area contributed by atoms with E-state index < -0.39 is 5.82 Å². The van der Waals surface area contributed by atoms with Crippen molar-refractivity contribution in [2.24, 2.45) is 0 Å². The topological polar surface area (TPSA) is 96.7 Å². The van der Waals surface area contributed by atoms with E-state index in [1.807, 2.05) is 0 Å². The Kier molecular flexibility index (Phi) is 3.90. The molecule has 22 heavy (non-hydrogen) atoms. The summed E-state index contributed by atoms with van der Waals surface area (Å²) in [6, 6.07) is 3.08. The number of rotatable bonds is 5. The van der Waals surface area contributed by atoms with Crippen LogP contribution >= 0.6 is 0 Å². The highest BCUT2D eigenvalue weighted by molar-refractivity contribution is 5.89. The molecule has 0 saturated carbocycles. The zero-order valence-electron chi connectivity index (χ0n) is 11.4. The molecule has 0 aromatic carbocycles. The summed E-state index contributed by atoms with van der Waals surface area (Å²) in [5.74, 6) is -0.00409. The molecular weight excluding hydrogens is 289 g/mol. The molecule has 0 atom stereocenters. The zero-order chi connectivity index (χ0) is 15.4. The molecule has 7 nitrogen and oxygen atoms in total. The normalized spacial score (nSPS) is 10.6. The van der Waals surface area contributed by atoms with E-state index in [0.29, 0.717) is 17.8 Å². The van der Waals surface area contributed by atoms with Gasteiger partial charge in [-0.1, -0.05) is 0 Å². The van der Waals surface area contributed by atoms with Crippen LogP contribution in [-0.4, -0.2) is 26.1 Å². The Hall–Kier alpha value is -3.03. The van der Waals surface area contributed by atoms with Crippen molar-refractivity contribution in [3.8, 4) is 11.4 Å². The second-order valence-electron chi connectivity index (χ2n) is 4.58. The van der Waals surface area contributed by atoms with E-state index in [-0.39, 0.29) is 18.3 Å². The monoisotopic (exact) mass is 301 g/mol. The maximum absolute atomic E-state index is 13.0. The van der Waals surface area contributed by atoms with Crippen LogP contribution in [-0.2, 0) is 11.2 Å². The summed E-state index contributed by atoms with van der Waals surface area (Å²) in [6.45, 7) is 0. The van der Waals surface area contributed by atoms with Gasteiger partial charge in [-0.05, 0) is 24.1 Å². The van der Waals surface area contributed by atoms with Crippen LogP contribution in [0.5, 0.6) is 0 Å². The van der Waals surface area contributed by atoms with Gasteiger partial charge in [0.25, 0.3) is 0 Å². The first-order valence-electron chi connectivity index (χ1n) is 6.55. The Morgan fingerprint density at radius 2 is 2.32 bits per heavy atom. The quantitative estimate of drug-likeness (QED) is 0.752. The Labute approximate surface area is 124 Å². The van der Waals surface area contributed by atoms with Crippen molar-refractivity contribution in [2.75, 3.05) is 5.32 Å². The summed E-state index contributed by atoms with van der Waals surface area (Å²) in [4.78, 5) is 19.7. The third-order valence-corrected chi connectivity index (χ3v) is 2.93. The molecule has 2 N–H and O–H groups in total. The Balaban J connectivity index is 1.56. The number of nitrogens with one attached hydrogen (secondary N) is 2. The molecule has 0 fully saturated rings. The Bertz CT molecular complexity index is 769. The summed E-state index contributed by atoms with van der Waals surface area (Å²) in [5, 5.41) is 9.17. The van der Waals surface area contributed by atoms with E-state index in [1.54, 1.807) is 6.07 Å². The fourth-order valence-electron chi connectivity index (χ4n) is 1.88. The number of carbonyl (C=O) groups excluding carboxylic acids is 1. The predicted molar refractivity (Wildman–Crippen MR) is 75.2 cm³/mol. The van der Waals surface area contributed by atoms with E-state index in [1.165, 1.54) is 24.8 Å². The number of pyridine rings is 1. The first kappa shape index (κ1) is 13.9. The molecule has 0 spiro atoms. The number of nitrogens with zero attached hydrogens (tertiary/aromatic N) is 3. The Morgan fingerprint density at radius 1 is 1.41 bits per heavy atom. The largest absolute Gasteiger partial charge is 0.472 e. The van der Waals surface area contributed by atoms with Crippen molar-refractivity contribution in [1.82, 2.24) is 20.2 Å². The van der Waals surface area contributed by atoms with Crippen LogP contribution in [0.4, 0.5) is 10.3 Å². The second kappa shape index (κ2) is 6.17. The number of aryl methyl sites for hydroxylation is 1. The van der Waals surface area contributed by atoms with Crippen molar-refractivity contribution in [3.05, 3.63) is 48.4 Å². The lowest BCUT2D eigenvalue weighted by Crippen LogP contribution is -2.13. The number of hydrogen-bond acceptors (Lipinski definition) is 5. The number of amides is 1. The van der Waals surface area contributed by atoms with E-state index in [0.717, 1.165) is 11.8 Å². The molecule has 0 aliphatic carbocycles. The van der Waals surface area contributed by atoms with Gasteiger partial charge >= 0.3 is 0 Å². The fourth-order valence-corrected chi connectivity index (χ4v) is 1.88. The van der Waals surface area contributed by atoms with Gasteiger partial charge in [0, 0.05) is 12.6 Å². The minimum Gasteiger partial charge on any atom is -0.472 e. The standard InChI is InChI=1S/C14H12FN5O2/c15-11-5-9(6-16-7-11)1-2-12(21)17-14-18-13(19-20-14)10-3-4-22-8-10/h3-8H,1-2H2,(H2,17,18,19,20,21). The molecule has 3 rings (SSSR count). The maximum atomic E-state index is 13.0. The van der Waals surface area contributed by atoms with Gasteiger partial charge in [0.05, 0.1) is 18.0 Å². The summed E-state index contributed by atoms with van der Waals surface area (Å²) in [5.41, 5.74) is 1.39. The van der Waals surface area contributed by atoms with Gasteiger partial charge in [-0.15, -0.1) is 5.10 Å². The first-order valence-corrected chi connectivity index (χ1v) is 6.55.